The van der Waals surface area contributed by atoms with Crippen LogP contribution >= 0.6 is 0 Å². The Kier molecular flexibility index (Phi) is 5.60. The predicted octanol–water partition coefficient (Wildman–Crippen LogP) is 2.36. The van der Waals surface area contributed by atoms with E-state index in [1.807, 2.05) is 19.1 Å². The molecule has 19 heavy (non-hydrogen) atoms. The Balaban J connectivity index is 3.17. The number of nitrogens with two attached hydrogens (primary N) is 1. The maximum atomic E-state index is 8.88. The summed E-state index contributed by atoms with van der Waals surface area (Å²) in [6.45, 7) is 10.2. The molecule has 5 nitrogen and oxygen atoms in total. The third-order valence-electron chi connectivity index (χ3n) is 3.31. The van der Waals surface area contributed by atoms with Crippen LogP contribution in [0.3, 0.4) is 0 Å². The molecular formula is C14H24N4O. The number of aryl methyl sites for hydroxylation is 1. The summed E-state index contributed by atoms with van der Waals surface area (Å²) in [7, 11) is 0. The molecule has 0 fully saturated rings. The third-order valence-corrected chi connectivity index (χ3v) is 3.31. The first-order valence-electron chi connectivity index (χ1n) is 6.73. The Labute approximate surface area is 115 Å². The van der Waals surface area contributed by atoms with Crippen LogP contribution in [0.2, 0.25) is 0 Å². The molecule has 0 spiro atoms. The molecule has 0 saturated heterocycles. The van der Waals surface area contributed by atoms with Crippen LogP contribution in [-0.2, 0) is 0 Å². The number of rotatable bonds is 6. The summed E-state index contributed by atoms with van der Waals surface area (Å²) in [5, 5.41) is 12.0. The van der Waals surface area contributed by atoms with E-state index in [4.69, 9.17) is 10.9 Å². The summed E-state index contributed by atoms with van der Waals surface area (Å²) < 4.78 is 0. The zero-order chi connectivity index (χ0) is 14.4. The highest BCUT2D eigenvalue weighted by atomic mass is 16.4. The summed E-state index contributed by atoms with van der Waals surface area (Å²) >= 11 is 0. The van der Waals surface area contributed by atoms with Gasteiger partial charge in [0.25, 0.3) is 0 Å². The number of aromatic nitrogens is 1. The van der Waals surface area contributed by atoms with E-state index in [-0.39, 0.29) is 5.84 Å². The van der Waals surface area contributed by atoms with Gasteiger partial charge in [-0.2, -0.15) is 0 Å². The van der Waals surface area contributed by atoms with Crippen molar-refractivity contribution < 1.29 is 5.21 Å². The number of anilines is 1. The van der Waals surface area contributed by atoms with Crippen LogP contribution in [0.15, 0.2) is 17.3 Å². The van der Waals surface area contributed by atoms with Crippen molar-refractivity contribution in [3.05, 3.63) is 23.4 Å². The molecule has 1 rings (SSSR count). The smallest absolute Gasteiger partial charge is 0.173 e. The van der Waals surface area contributed by atoms with Crippen LogP contribution in [0.1, 0.15) is 38.4 Å². The van der Waals surface area contributed by atoms with Gasteiger partial charge in [-0.05, 0) is 31.9 Å². The summed E-state index contributed by atoms with van der Waals surface area (Å²) in [4.78, 5) is 6.73. The zero-order valence-electron chi connectivity index (χ0n) is 12.2. The lowest BCUT2D eigenvalue weighted by molar-refractivity contribution is 0.318. The molecule has 3 N–H and O–H groups in total. The molecule has 106 valence electrons. The van der Waals surface area contributed by atoms with Crippen molar-refractivity contribution in [1.29, 1.82) is 0 Å². The van der Waals surface area contributed by atoms with Crippen LogP contribution in [0.5, 0.6) is 0 Å². The zero-order valence-corrected chi connectivity index (χ0v) is 12.2. The number of amidine groups is 1. The second kappa shape index (κ2) is 6.97. The fourth-order valence-corrected chi connectivity index (χ4v) is 1.91. The predicted molar refractivity (Wildman–Crippen MR) is 78.8 cm³/mol. The number of oxime groups is 1. The highest BCUT2D eigenvalue weighted by molar-refractivity contribution is 6.01. The first-order chi connectivity index (χ1) is 9.03. The SMILES string of the molecule is CCC(C)CN(CC)c1nc(C)ccc1C(N)=NO. The molecule has 1 heterocycles. The van der Waals surface area contributed by atoms with E-state index >= 15 is 0 Å². The second-order valence-corrected chi connectivity index (χ2v) is 4.86. The minimum atomic E-state index is 0.102. The van der Waals surface area contributed by atoms with Gasteiger partial charge in [-0.3, -0.25) is 0 Å². The first kappa shape index (κ1) is 15.3. The highest BCUT2D eigenvalue weighted by Crippen LogP contribution is 2.20. The first-order valence-corrected chi connectivity index (χ1v) is 6.73. The Morgan fingerprint density at radius 2 is 2.16 bits per heavy atom. The van der Waals surface area contributed by atoms with E-state index in [0.717, 1.165) is 31.0 Å². The summed E-state index contributed by atoms with van der Waals surface area (Å²) in [5.41, 5.74) is 7.34. The normalized spacial score (nSPS) is 13.4. The lowest BCUT2D eigenvalue weighted by Gasteiger charge is -2.27. The maximum Gasteiger partial charge on any atom is 0.173 e. The highest BCUT2D eigenvalue weighted by Gasteiger charge is 2.16. The summed E-state index contributed by atoms with van der Waals surface area (Å²) in [5.74, 6) is 1.46. The van der Waals surface area contributed by atoms with Crippen LogP contribution in [0, 0.1) is 12.8 Å². The van der Waals surface area contributed by atoms with Crippen molar-refractivity contribution in [3.63, 3.8) is 0 Å². The molecule has 0 aliphatic heterocycles. The largest absolute Gasteiger partial charge is 0.409 e. The fourth-order valence-electron chi connectivity index (χ4n) is 1.91. The molecule has 0 aliphatic rings. The van der Waals surface area contributed by atoms with E-state index in [2.05, 4.69) is 35.8 Å². The van der Waals surface area contributed by atoms with E-state index < -0.39 is 0 Å². The van der Waals surface area contributed by atoms with Crippen molar-refractivity contribution in [1.82, 2.24) is 4.98 Å². The van der Waals surface area contributed by atoms with Crippen molar-refractivity contribution in [2.75, 3.05) is 18.0 Å². The van der Waals surface area contributed by atoms with E-state index in [1.165, 1.54) is 0 Å². The summed E-state index contributed by atoms with van der Waals surface area (Å²) in [6, 6.07) is 3.72. The van der Waals surface area contributed by atoms with E-state index in [0.29, 0.717) is 11.5 Å². The molecule has 0 saturated carbocycles. The average Bonchev–Trinajstić information content (AvgIpc) is 2.43. The van der Waals surface area contributed by atoms with Crippen molar-refractivity contribution in [2.24, 2.45) is 16.8 Å². The van der Waals surface area contributed by atoms with Crippen LogP contribution in [0.4, 0.5) is 5.82 Å². The van der Waals surface area contributed by atoms with Crippen molar-refractivity contribution >= 4 is 11.7 Å². The molecule has 0 aliphatic carbocycles. The van der Waals surface area contributed by atoms with Gasteiger partial charge in [-0.1, -0.05) is 25.4 Å². The molecule has 5 heteroatoms. The summed E-state index contributed by atoms with van der Waals surface area (Å²) in [6.07, 6.45) is 1.11. The van der Waals surface area contributed by atoms with Crippen molar-refractivity contribution in [3.8, 4) is 0 Å². The quantitative estimate of drug-likeness (QED) is 0.358. The molecule has 1 unspecified atom stereocenters. The van der Waals surface area contributed by atoms with Crippen molar-refractivity contribution in [2.45, 2.75) is 34.1 Å². The lowest BCUT2D eigenvalue weighted by Crippen LogP contribution is -2.31. The van der Waals surface area contributed by atoms with Gasteiger partial charge in [0.1, 0.15) is 5.82 Å². The average molecular weight is 264 g/mol. The standard InChI is InChI=1S/C14H24N4O/c1-5-10(3)9-18(6-2)14-12(13(15)17-19)8-7-11(4)16-14/h7-8,10,19H,5-6,9H2,1-4H3,(H2,15,17). The van der Waals surface area contributed by atoms with E-state index in [1.54, 1.807) is 0 Å². The molecule has 1 aromatic rings. The fraction of sp³-hybridized carbons (Fsp3) is 0.571. The minimum absolute atomic E-state index is 0.102. The second-order valence-electron chi connectivity index (χ2n) is 4.86. The van der Waals surface area contributed by atoms with Gasteiger partial charge in [0.05, 0.1) is 5.56 Å². The maximum absolute atomic E-state index is 8.88. The molecule has 0 amide bonds. The molecule has 1 aromatic heterocycles. The molecule has 1 atom stereocenters. The van der Waals surface area contributed by atoms with E-state index in [9.17, 15) is 0 Å². The molecular weight excluding hydrogens is 240 g/mol. The lowest BCUT2D eigenvalue weighted by atomic mass is 10.1. The number of pyridine rings is 1. The third kappa shape index (κ3) is 3.84. The Bertz CT molecular complexity index is 445. The van der Waals surface area contributed by atoms with Crippen LogP contribution in [0.25, 0.3) is 0 Å². The minimum Gasteiger partial charge on any atom is -0.409 e. The van der Waals surface area contributed by atoms with Gasteiger partial charge in [-0.25, -0.2) is 4.98 Å². The van der Waals surface area contributed by atoms with Gasteiger partial charge in [-0.15, -0.1) is 0 Å². The monoisotopic (exact) mass is 264 g/mol. The number of hydrogen-bond acceptors (Lipinski definition) is 4. The van der Waals surface area contributed by atoms with Gasteiger partial charge >= 0.3 is 0 Å². The number of nitrogens with zero attached hydrogens (tertiary/aromatic N) is 3. The molecule has 0 aromatic carbocycles. The van der Waals surface area contributed by atoms with Gasteiger partial charge in [0.2, 0.25) is 0 Å². The Morgan fingerprint density at radius 1 is 1.47 bits per heavy atom. The van der Waals surface area contributed by atoms with Gasteiger partial charge < -0.3 is 15.8 Å². The Hall–Kier alpha value is -1.78. The van der Waals surface area contributed by atoms with Crippen LogP contribution in [-0.4, -0.2) is 29.1 Å². The van der Waals surface area contributed by atoms with Gasteiger partial charge in [0, 0.05) is 18.8 Å². The van der Waals surface area contributed by atoms with Gasteiger partial charge in [0.15, 0.2) is 5.84 Å². The number of hydrogen-bond donors (Lipinski definition) is 2. The molecule has 0 bridgehead atoms. The van der Waals surface area contributed by atoms with Crippen LogP contribution < -0.4 is 10.6 Å². The molecule has 0 radical (unpaired) electrons. The Morgan fingerprint density at radius 3 is 2.68 bits per heavy atom. The topological polar surface area (TPSA) is 74.7 Å².